The molecule has 20 heavy (non-hydrogen) atoms. The zero-order valence-corrected chi connectivity index (χ0v) is 11.6. The molecule has 0 fully saturated rings. The van der Waals surface area contributed by atoms with Crippen molar-refractivity contribution in [2.75, 3.05) is 6.54 Å². The van der Waals surface area contributed by atoms with E-state index in [4.69, 9.17) is 10.5 Å². The third kappa shape index (κ3) is 2.30. The van der Waals surface area contributed by atoms with Crippen molar-refractivity contribution in [2.24, 2.45) is 5.73 Å². The standard InChI is InChI=1S/C17H19NO2/c1-11-5-14-8-15(9-18)20-17(14)16(6-11)13-4-2-3-12(7-13)10-19/h2-7,15,19H,8-10,18H2,1H3. The molecule has 3 rings (SSSR count). The molecule has 104 valence electrons. The van der Waals surface area contributed by atoms with Gasteiger partial charge in [-0.15, -0.1) is 0 Å². The predicted octanol–water partition coefficient (Wildman–Crippen LogP) is 2.42. The molecule has 0 saturated carbocycles. The number of nitrogens with two attached hydrogens (primary N) is 1. The Balaban J connectivity index is 2.10. The van der Waals surface area contributed by atoms with Gasteiger partial charge in [-0.2, -0.15) is 0 Å². The van der Waals surface area contributed by atoms with Crippen LogP contribution >= 0.6 is 0 Å². The molecule has 1 aliphatic rings. The highest BCUT2D eigenvalue weighted by Gasteiger charge is 2.25. The van der Waals surface area contributed by atoms with E-state index in [1.54, 1.807) is 0 Å². The van der Waals surface area contributed by atoms with E-state index in [2.05, 4.69) is 19.1 Å². The lowest BCUT2D eigenvalue weighted by Gasteiger charge is -2.12. The molecule has 2 aromatic rings. The number of ether oxygens (including phenoxy) is 1. The van der Waals surface area contributed by atoms with E-state index in [0.29, 0.717) is 6.54 Å². The van der Waals surface area contributed by atoms with Crippen LogP contribution in [0.3, 0.4) is 0 Å². The Kier molecular flexibility index (Phi) is 3.47. The molecule has 1 unspecified atom stereocenters. The lowest BCUT2D eigenvalue weighted by Crippen LogP contribution is -2.24. The number of hydrogen-bond donors (Lipinski definition) is 2. The maximum absolute atomic E-state index is 9.29. The molecule has 2 aromatic carbocycles. The van der Waals surface area contributed by atoms with Gasteiger partial charge in [0.2, 0.25) is 0 Å². The highest BCUT2D eigenvalue weighted by atomic mass is 16.5. The summed E-state index contributed by atoms with van der Waals surface area (Å²) in [7, 11) is 0. The van der Waals surface area contributed by atoms with Crippen LogP contribution in [0.15, 0.2) is 36.4 Å². The number of aliphatic hydroxyl groups excluding tert-OH is 1. The SMILES string of the molecule is Cc1cc2c(c(-c3cccc(CO)c3)c1)OC(CN)C2. The third-order valence-corrected chi connectivity index (χ3v) is 3.73. The van der Waals surface area contributed by atoms with E-state index in [0.717, 1.165) is 28.9 Å². The summed E-state index contributed by atoms with van der Waals surface area (Å²) in [6.07, 6.45) is 0.951. The van der Waals surface area contributed by atoms with Gasteiger partial charge in [0.25, 0.3) is 0 Å². The Morgan fingerprint density at radius 3 is 2.90 bits per heavy atom. The van der Waals surface area contributed by atoms with Crippen LogP contribution < -0.4 is 10.5 Å². The lowest BCUT2D eigenvalue weighted by molar-refractivity contribution is 0.242. The Hall–Kier alpha value is -1.84. The van der Waals surface area contributed by atoms with Crippen LogP contribution in [-0.2, 0) is 13.0 Å². The molecule has 0 saturated heterocycles. The summed E-state index contributed by atoms with van der Waals surface area (Å²) in [6, 6.07) is 12.2. The van der Waals surface area contributed by atoms with Crippen LogP contribution in [0.4, 0.5) is 0 Å². The molecule has 0 radical (unpaired) electrons. The number of rotatable bonds is 3. The Labute approximate surface area is 119 Å². The molecular weight excluding hydrogens is 250 g/mol. The topological polar surface area (TPSA) is 55.5 Å². The van der Waals surface area contributed by atoms with Crippen molar-refractivity contribution in [1.82, 2.24) is 0 Å². The fraction of sp³-hybridized carbons (Fsp3) is 0.294. The van der Waals surface area contributed by atoms with Crippen molar-refractivity contribution in [1.29, 1.82) is 0 Å². The van der Waals surface area contributed by atoms with E-state index in [1.165, 1.54) is 11.1 Å². The van der Waals surface area contributed by atoms with Crippen molar-refractivity contribution < 1.29 is 9.84 Å². The van der Waals surface area contributed by atoms with Crippen LogP contribution in [0.1, 0.15) is 16.7 Å². The van der Waals surface area contributed by atoms with Gasteiger partial charge in [0, 0.05) is 18.5 Å². The van der Waals surface area contributed by atoms with E-state index in [1.807, 2.05) is 24.3 Å². The van der Waals surface area contributed by atoms with E-state index in [9.17, 15) is 5.11 Å². The van der Waals surface area contributed by atoms with Crippen LogP contribution in [-0.4, -0.2) is 17.8 Å². The Morgan fingerprint density at radius 2 is 2.15 bits per heavy atom. The highest BCUT2D eigenvalue weighted by molar-refractivity contribution is 5.74. The minimum atomic E-state index is 0.0497. The van der Waals surface area contributed by atoms with Gasteiger partial charge in [0.15, 0.2) is 0 Å². The Bertz CT molecular complexity index is 637. The van der Waals surface area contributed by atoms with Crippen molar-refractivity contribution in [3.8, 4) is 16.9 Å². The summed E-state index contributed by atoms with van der Waals surface area (Å²) in [5, 5.41) is 9.29. The van der Waals surface area contributed by atoms with E-state index < -0.39 is 0 Å². The molecule has 0 amide bonds. The first kappa shape index (κ1) is 13.2. The molecule has 1 aliphatic heterocycles. The van der Waals surface area contributed by atoms with Gasteiger partial charge in [-0.05, 0) is 41.3 Å². The quantitative estimate of drug-likeness (QED) is 0.899. The second-order valence-corrected chi connectivity index (χ2v) is 5.34. The second kappa shape index (κ2) is 5.27. The van der Waals surface area contributed by atoms with Gasteiger partial charge in [0.05, 0.1) is 6.61 Å². The van der Waals surface area contributed by atoms with Crippen molar-refractivity contribution in [3.05, 3.63) is 53.1 Å². The van der Waals surface area contributed by atoms with E-state index in [-0.39, 0.29) is 12.7 Å². The summed E-state index contributed by atoms with van der Waals surface area (Å²) < 4.78 is 5.98. The number of fused-ring (bicyclic) bond motifs is 1. The Morgan fingerprint density at radius 1 is 1.30 bits per heavy atom. The largest absolute Gasteiger partial charge is 0.488 e. The molecule has 3 nitrogen and oxygen atoms in total. The summed E-state index contributed by atoms with van der Waals surface area (Å²) >= 11 is 0. The molecule has 0 spiro atoms. The van der Waals surface area contributed by atoms with Crippen molar-refractivity contribution in [3.63, 3.8) is 0 Å². The van der Waals surface area contributed by atoms with Gasteiger partial charge in [0.1, 0.15) is 11.9 Å². The molecule has 1 heterocycles. The molecule has 3 heteroatoms. The summed E-state index contributed by atoms with van der Waals surface area (Å²) in [5.41, 5.74) is 11.2. The normalized spacial score (nSPS) is 16.9. The van der Waals surface area contributed by atoms with Gasteiger partial charge in [-0.3, -0.25) is 0 Å². The average molecular weight is 269 g/mol. The molecule has 0 aromatic heterocycles. The first-order valence-corrected chi connectivity index (χ1v) is 6.91. The van der Waals surface area contributed by atoms with Gasteiger partial charge in [-0.25, -0.2) is 0 Å². The van der Waals surface area contributed by atoms with E-state index >= 15 is 0 Å². The third-order valence-electron chi connectivity index (χ3n) is 3.73. The fourth-order valence-corrected chi connectivity index (χ4v) is 2.78. The molecule has 3 N–H and O–H groups in total. The summed E-state index contributed by atoms with van der Waals surface area (Å²) in [6.45, 7) is 2.67. The lowest BCUT2D eigenvalue weighted by atomic mass is 9.97. The highest BCUT2D eigenvalue weighted by Crippen LogP contribution is 2.39. The minimum Gasteiger partial charge on any atom is -0.488 e. The smallest absolute Gasteiger partial charge is 0.130 e. The zero-order valence-electron chi connectivity index (χ0n) is 11.6. The monoisotopic (exact) mass is 269 g/mol. The summed E-state index contributed by atoms with van der Waals surface area (Å²) in [4.78, 5) is 0. The minimum absolute atomic E-state index is 0.0497. The second-order valence-electron chi connectivity index (χ2n) is 5.34. The van der Waals surface area contributed by atoms with Crippen molar-refractivity contribution in [2.45, 2.75) is 26.1 Å². The van der Waals surface area contributed by atoms with Crippen molar-refractivity contribution >= 4 is 0 Å². The fourth-order valence-electron chi connectivity index (χ4n) is 2.78. The molecule has 0 aliphatic carbocycles. The summed E-state index contributed by atoms with van der Waals surface area (Å²) in [5.74, 6) is 0.945. The molecular formula is C17H19NO2. The first-order chi connectivity index (χ1) is 9.71. The number of benzene rings is 2. The van der Waals surface area contributed by atoms with Crippen LogP contribution in [0.5, 0.6) is 5.75 Å². The number of hydrogen-bond acceptors (Lipinski definition) is 3. The van der Waals surface area contributed by atoms with Crippen LogP contribution in [0.25, 0.3) is 11.1 Å². The first-order valence-electron chi connectivity index (χ1n) is 6.91. The molecule has 1 atom stereocenters. The zero-order chi connectivity index (χ0) is 14.1. The van der Waals surface area contributed by atoms with Gasteiger partial charge >= 0.3 is 0 Å². The van der Waals surface area contributed by atoms with Gasteiger partial charge < -0.3 is 15.6 Å². The maximum atomic E-state index is 9.29. The predicted molar refractivity (Wildman–Crippen MR) is 79.7 cm³/mol. The number of aliphatic hydroxyl groups is 1. The average Bonchev–Trinajstić information content (AvgIpc) is 2.89. The van der Waals surface area contributed by atoms with Gasteiger partial charge in [-0.1, -0.05) is 24.3 Å². The maximum Gasteiger partial charge on any atom is 0.130 e. The van der Waals surface area contributed by atoms with Crippen LogP contribution in [0, 0.1) is 6.92 Å². The molecule has 0 bridgehead atoms. The van der Waals surface area contributed by atoms with Crippen LogP contribution in [0.2, 0.25) is 0 Å². The number of aryl methyl sites for hydroxylation is 1.